The summed E-state index contributed by atoms with van der Waals surface area (Å²) in [5.74, 6) is -0.611. The maximum Gasteiger partial charge on any atom is 0.311 e. The number of ether oxygens (including phenoxy) is 1. The van der Waals surface area contributed by atoms with Gasteiger partial charge in [-0.1, -0.05) is 12.1 Å². The van der Waals surface area contributed by atoms with E-state index in [9.17, 15) is 25.0 Å². The molecule has 130 valence electrons. The molecule has 0 fully saturated rings. The smallest absolute Gasteiger partial charge is 0.311 e. The van der Waals surface area contributed by atoms with Crippen molar-refractivity contribution in [2.45, 2.75) is 13.8 Å². The number of hydrogen-bond donors (Lipinski definition) is 1. The van der Waals surface area contributed by atoms with Crippen molar-refractivity contribution >= 4 is 23.0 Å². The average molecular weight is 345 g/mol. The van der Waals surface area contributed by atoms with Gasteiger partial charge in [0.25, 0.3) is 11.6 Å². The topological polar surface area (TPSA) is 125 Å². The molecule has 9 nitrogen and oxygen atoms in total. The average Bonchev–Trinajstić information content (AvgIpc) is 2.55. The van der Waals surface area contributed by atoms with Crippen LogP contribution in [0.2, 0.25) is 0 Å². The zero-order valence-electron chi connectivity index (χ0n) is 13.5. The maximum absolute atomic E-state index is 12.0. The van der Waals surface area contributed by atoms with Gasteiger partial charge in [-0.25, -0.2) is 0 Å². The van der Waals surface area contributed by atoms with Crippen molar-refractivity contribution in [3.63, 3.8) is 0 Å². The van der Waals surface area contributed by atoms with E-state index in [0.29, 0.717) is 11.1 Å². The molecule has 0 atom stereocenters. The minimum absolute atomic E-state index is 0.0264. The summed E-state index contributed by atoms with van der Waals surface area (Å²) in [6.45, 7) is 2.75. The van der Waals surface area contributed by atoms with Crippen molar-refractivity contribution in [2.75, 3.05) is 11.9 Å². The molecule has 0 saturated carbocycles. The second-order valence-electron chi connectivity index (χ2n) is 5.27. The molecule has 0 aliphatic carbocycles. The number of nitro groups is 2. The Balaban J connectivity index is 2.09. The first-order valence-electron chi connectivity index (χ1n) is 7.21. The molecule has 0 aliphatic heterocycles. The van der Waals surface area contributed by atoms with Crippen LogP contribution in [0.1, 0.15) is 11.1 Å². The predicted molar refractivity (Wildman–Crippen MR) is 89.8 cm³/mol. The molecule has 0 unspecified atom stereocenters. The number of amides is 1. The van der Waals surface area contributed by atoms with Crippen LogP contribution in [0.4, 0.5) is 17.1 Å². The Morgan fingerprint density at radius 3 is 2.40 bits per heavy atom. The number of aryl methyl sites for hydroxylation is 1. The van der Waals surface area contributed by atoms with Crippen LogP contribution in [0, 0.1) is 34.1 Å². The first-order valence-corrected chi connectivity index (χ1v) is 7.21. The number of nitro benzene ring substituents is 2. The summed E-state index contributed by atoms with van der Waals surface area (Å²) >= 11 is 0. The van der Waals surface area contributed by atoms with Gasteiger partial charge in [-0.15, -0.1) is 0 Å². The molecular weight excluding hydrogens is 330 g/mol. The van der Waals surface area contributed by atoms with E-state index in [-0.39, 0.29) is 22.8 Å². The fraction of sp³-hybridized carbons (Fsp3) is 0.188. The molecule has 0 bridgehead atoms. The third kappa shape index (κ3) is 4.28. The molecule has 2 rings (SSSR count). The van der Waals surface area contributed by atoms with Crippen LogP contribution in [0.15, 0.2) is 36.4 Å². The highest BCUT2D eigenvalue weighted by Gasteiger charge is 2.18. The third-order valence-electron chi connectivity index (χ3n) is 3.45. The zero-order chi connectivity index (χ0) is 18.6. The summed E-state index contributed by atoms with van der Waals surface area (Å²) < 4.78 is 5.22. The lowest BCUT2D eigenvalue weighted by Crippen LogP contribution is -2.21. The van der Waals surface area contributed by atoms with E-state index < -0.39 is 22.4 Å². The van der Waals surface area contributed by atoms with Gasteiger partial charge >= 0.3 is 5.69 Å². The summed E-state index contributed by atoms with van der Waals surface area (Å²) in [4.78, 5) is 32.8. The van der Waals surface area contributed by atoms with Crippen molar-refractivity contribution in [3.8, 4) is 5.75 Å². The predicted octanol–water partition coefficient (Wildman–Crippen LogP) is 3.14. The van der Waals surface area contributed by atoms with Gasteiger partial charge in [-0.2, -0.15) is 0 Å². The van der Waals surface area contributed by atoms with Gasteiger partial charge in [0.05, 0.1) is 21.1 Å². The molecule has 0 saturated heterocycles. The van der Waals surface area contributed by atoms with Crippen LogP contribution >= 0.6 is 0 Å². The Morgan fingerprint density at radius 2 is 1.76 bits per heavy atom. The summed E-state index contributed by atoms with van der Waals surface area (Å²) in [6, 6.07) is 8.69. The Bertz CT molecular complexity index is 850. The molecule has 2 aromatic rings. The lowest BCUT2D eigenvalue weighted by molar-refractivity contribution is -0.385. The van der Waals surface area contributed by atoms with Crippen molar-refractivity contribution < 1.29 is 19.4 Å². The molecule has 0 spiro atoms. The molecule has 9 heteroatoms. The van der Waals surface area contributed by atoms with Gasteiger partial charge in [-0.3, -0.25) is 25.0 Å². The van der Waals surface area contributed by atoms with Gasteiger partial charge in [-0.05, 0) is 31.5 Å². The normalized spacial score (nSPS) is 10.2. The Labute approximate surface area is 142 Å². The van der Waals surface area contributed by atoms with Crippen molar-refractivity contribution in [3.05, 3.63) is 67.8 Å². The number of anilines is 1. The van der Waals surface area contributed by atoms with E-state index in [1.54, 1.807) is 13.0 Å². The highest BCUT2D eigenvalue weighted by atomic mass is 16.6. The number of carbonyl (C=O) groups excluding carboxylic acids is 1. The van der Waals surface area contributed by atoms with Gasteiger partial charge in [0.2, 0.25) is 0 Å². The summed E-state index contributed by atoms with van der Waals surface area (Å²) in [6.07, 6.45) is 0. The van der Waals surface area contributed by atoms with Crippen LogP contribution in [0.5, 0.6) is 5.75 Å². The van der Waals surface area contributed by atoms with Crippen molar-refractivity contribution in [1.29, 1.82) is 0 Å². The van der Waals surface area contributed by atoms with Crippen LogP contribution < -0.4 is 10.1 Å². The molecule has 25 heavy (non-hydrogen) atoms. The Hall–Kier alpha value is -3.49. The fourth-order valence-electron chi connectivity index (χ4n) is 2.18. The second kappa shape index (κ2) is 7.39. The van der Waals surface area contributed by atoms with E-state index in [0.717, 1.165) is 0 Å². The molecule has 0 aromatic heterocycles. The van der Waals surface area contributed by atoms with Crippen LogP contribution in [0.3, 0.4) is 0 Å². The van der Waals surface area contributed by atoms with E-state index in [1.807, 2.05) is 0 Å². The molecule has 0 radical (unpaired) electrons. The number of rotatable bonds is 6. The Kier molecular flexibility index (Phi) is 5.28. The minimum Gasteiger partial charge on any atom is -0.477 e. The lowest BCUT2D eigenvalue weighted by Gasteiger charge is -2.10. The van der Waals surface area contributed by atoms with Crippen LogP contribution in [-0.2, 0) is 4.79 Å². The number of nitrogens with zero attached hydrogens (tertiary/aromatic N) is 2. The standard InChI is InChI=1S/C16H15N3O6/c1-10-6-7-15(14(8-10)19(23)24)25-9-16(20)17-12-4-3-5-13(11(12)2)18(21)22/h3-8H,9H2,1-2H3,(H,17,20). The number of carbonyl (C=O) groups is 1. The number of benzene rings is 2. The second-order valence-corrected chi connectivity index (χ2v) is 5.27. The van der Waals surface area contributed by atoms with Crippen LogP contribution in [-0.4, -0.2) is 22.4 Å². The monoisotopic (exact) mass is 345 g/mol. The third-order valence-corrected chi connectivity index (χ3v) is 3.45. The molecular formula is C16H15N3O6. The maximum atomic E-state index is 12.0. The quantitative estimate of drug-likeness (QED) is 0.633. The molecule has 2 aromatic carbocycles. The zero-order valence-corrected chi connectivity index (χ0v) is 13.5. The van der Waals surface area contributed by atoms with Gasteiger partial charge < -0.3 is 10.1 Å². The van der Waals surface area contributed by atoms with Gasteiger partial charge in [0.1, 0.15) is 0 Å². The largest absolute Gasteiger partial charge is 0.477 e. The van der Waals surface area contributed by atoms with Crippen LogP contribution in [0.25, 0.3) is 0 Å². The molecule has 1 amide bonds. The van der Waals surface area contributed by atoms with E-state index in [4.69, 9.17) is 4.74 Å². The van der Waals surface area contributed by atoms with E-state index >= 15 is 0 Å². The summed E-state index contributed by atoms with van der Waals surface area (Å²) in [7, 11) is 0. The first-order chi connectivity index (χ1) is 11.8. The van der Waals surface area contributed by atoms with Crippen molar-refractivity contribution in [2.24, 2.45) is 0 Å². The Morgan fingerprint density at radius 1 is 1.08 bits per heavy atom. The fourth-order valence-corrected chi connectivity index (χ4v) is 2.18. The van der Waals surface area contributed by atoms with E-state index in [2.05, 4.69) is 5.32 Å². The van der Waals surface area contributed by atoms with Crippen molar-refractivity contribution in [1.82, 2.24) is 0 Å². The molecule has 0 heterocycles. The number of nitrogens with one attached hydrogen (secondary N) is 1. The lowest BCUT2D eigenvalue weighted by atomic mass is 10.1. The SMILES string of the molecule is Cc1ccc(OCC(=O)Nc2cccc([N+](=O)[O-])c2C)c([N+](=O)[O-])c1. The van der Waals surface area contributed by atoms with E-state index in [1.165, 1.54) is 37.3 Å². The first kappa shape index (κ1) is 17.9. The molecule has 0 aliphatic rings. The number of hydrogen-bond acceptors (Lipinski definition) is 6. The highest BCUT2D eigenvalue weighted by molar-refractivity contribution is 5.93. The highest BCUT2D eigenvalue weighted by Crippen LogP contribution is 2.28. The van der Waals surface area contributed by atoms with Gasteiger partial charge in [0, 0.05) is 12.1 Å². The summed E-state index contributed by atoms with van der Waals surface area (Å²) in [5.41, 5.74) is 0.923. The molecule has 1 N–H and O–H groups in total. The minimum atomic E-state index is -0.592. The summed E-state index contributed by atoms with van der Waals surface area (Å²) in [5, 5.41) is 24.4. The van der Waals surface area contributed by atoms with Gasteiger partial charge in [0.15, 0.2) is 12.4 Å².